The van der Waals surface area contributed by atoms with Crippen LogP contribution in [0.4, 0.5) is 0 Å². The zero-order chi connectivity index (χ0) is 13.9. The Hall–Kier alpha value is -1.15. The van der Waals surface area contributed by atoms with E-state index in [2.05, 4.69) is 50.1 Å². The molecule has 0 aliphatic heterocycles. The molecule has 1 unspecified atom stereocenters. The van der Waals surface area contributed by atoms with Gasteiger partial charge in [-0.3, -0.25) is 4.79 Å². The van der Waals surface area contributed by atoms with Crippen molar-refractivity contribution < 1.29 is 4.79 Å². The highest BCUT2D eigenvalue weighted by Gasteiger charge is 2.37. The second kappa shape index (κ2) is 5.87. The first-order valence-corrected chi connectivity index (χ1v) is 7.26. The molecule has 2 heteroatoms. The number of Topliss-reactive ketones (excluding diaryl/α,β-unsaturated/α-hetero) is 1. The average molecular weight is 259 g/mol. The first-order chi connectivity index (χ1) is 8.99. The molecule has 0 amide bonds. The van der Waals surface area contributed by atoms with Gasteiger partial charge in [-0.15, -0.1) is 0 Å². The summed E-state index contributed by atoms with van der Waals surface area (Å²) in [7, 11) is 2.11. The van der Waals surface area contributed by atoms with Crippen LogP contribution < -0.4 is 0 Å². The molecule has 1 aromatic rings. The topological polar surface area (TPSA) is 20.3 Å². The summed E-state index contributed by atoms with van der Waals surface area (Å²) in [5.74, 6) is 0.677. The molecule has 1 aromatic carbocycles. The van der Waals surface area contributed by atoms with Gasteiger partial charge in [-0.25, -0.2) is 0 Å². The molecular formula is C17H25NO. The molecule has 1 aliphatic rings. The monoisotopic (exact) mass is 259 g/mol. The van der Waals surface area contributed by atoms with Crippen molar-refractivity contribution in [1.82, 2.24) is 4.90 Å². The van der Waals surface area contributed by atoms with E-state index in [9.17, 15) is 4.79 Å². The van der Waals surface area contributed by atoms with Gasteiger partial charge < -0.3 is 4.90 Å². The molecule has 1 aliphatic carbocycles. The van der Waals surface area contributed by atoms with Crippen molar-refractivity contribution in [1.29, 1.82) is 0 Å². The normalized spacial score (nSPS) is 22.7. The van der Waals surface area contributed by atoms with Gasteiger partial charge in [0.15, 0.2) is 0 Å². The maximum atomic E-state index is 12.4. The highest BCUT2D eigenvalue weighted by atomic mass is 16.1. The van der Waals surface area contributed by atoms with Gasteiger partial charge in [0.05, 0.1) is 0 Å². The minimum absolute atomic E-state index is 0.115. The molecule has 0 aromatic heterocycles. The maximum absolute atomic E-state index is 12.4. The molecule has 0 saturated heterocycles. The van der Waals surface area contributed by atoms with Crippen LogP contribution in [-0.4, -0.2) is 24.3 Å². The molecule has 19 heavy (non-hydrogen) atoms. The molecule has 0 spiro atoms. The summed E-state index contributed by atoms with van der Waals surface area (Å²) in [6.07, 6.45) is 3.29. The van der Waals surface area contributed by atoms with Crippen molar-refractivity contribution in [2.45, 2.75) is 39.7 Å². The molecule has 104 valence electrons. The van der Waals surface area contributed by atoms with Crippen LogP contribution in [-0.2, 0) is 11.3 Å². The number of hydrogen-bond acceptors (Lipinski definition) is 2. The number of ketones is 1. The van der Waals surface area contributed by atoms with Gasteiger partial charge in [-0.2, -0.15) is 0 Å². The van der Waals surface area contributed by atoms with Crippen LogP contribution in [0, 0.1) is 11.3 Å². The molecule has 2 rings (SSSR count). The van der Waals surface area contributed by atoms with Crippen LogP contribution in [0.2, 0.25) is 0 Å². The first-order valence-electron chi connectivity index (χ1n) is 7.26. The molecule has 1 saturated carbocycles. The second-order valence-corrected chi connectivity index (χ2v) is 6.52. The van der Waals surface area contributed by atoms with Crippen LogP contribution >= 0.6 is 0 Å². The summed E-state index contributed by atoms with van der Waals surface area (Å²) >= 11 is 0. The van der Waals surface area contributed by atoms with E-state index in [4.69, 9.17) is 0 Å². The van der Waals surface area contributed by atoms with E-state index in [-0.39, 0.29) is 11.3 Å². The number of carbonyl (C=O) groups excluding carboxylic acids is 1. The standard InChI is InChI=1S/C17H25NO/c1-17(2)11-7-10-15(16(17)19)13-18(3)12-14-8-5-4-6-9-14/h4-6,8-9,15H,7,10-13H2,1-3H3. The van der Waals surface area contributed by atoms with Crippen LogP contribution in [0.3, 0.4) is 0 Å². The average Bonchev–Trinajstić information content (AvgIpc) is 2.36. The Morgan fingerprint density at radius 2 is 1.95 bits per heavy atom. The van der Waals surface area contributed by atoms with Gasteiger partial charge in [0.25, 0.3) is 0 Å². The van der Waals surface area contributed by atoms with Gasteiger partial charge in [0.2, 0.25) is 0 Å². The molecule has 0 heterocycles. The van der Waals surface area contributed by atoms with Crippen LogP contribution in [0.25, 0.3) is 0 Å². The van der Waals surface area contributed by atoms with E-state index in [1.807, 2.05) is 6.07 Å². The van der Waals surface area contributed by atoms with Crippen molar-refractivity contribution in [3.05, 3.63) is 35.9 Å². The predicted octanol–water partition coefficient (Wildman–Crippen LogP) is 3.51. The Labute approximate surface area is 116 Å². The smallest absolute Gasteiger partial charge is 0.142 e. The van der Waals surface area contributed by atoms with E-state index < -0.39 is 0 Å². The Morgan fingerprint density at radius 3 is 2.63 bits per heavy atom. The lowest BCUT2D eigenvalue weighted by Gasteiger charge is -2.35. The molecule has 0 radical (unpaired) electrons. The summed E-state index contributed by atoms with van der Waals surface area (Å²) in [6, 6.07) is 10.5. The van der Waals surface area contributed by atoms with Crippen molar-refractivity contribution in [2.24, 2.45) is 11.3 Å². The number of hydrogen-bond donors (Lipinski definition) is 0. The minimum atomic E-state index is -0.115. The Bertz CT molecular complexity index is 424. The lowest BCUT2D eigenvalue weighted by Crippen LogP contribution is -2.40. The van der Waals surface area contributed by atoms with E-state index >= 15 is 0 Å². The lowest BCUT2D eigenvalue weighted by molar-refractivity contribution is -0.134. The zero-order valence-electron chi connectivity index (χ0n) is 12.4. The summed E-state index contributed by atoms with van der Waals surface area (Å²) in [5.41, 5.74) is 1.20. The molecule has 1 atom stereocenters. The first kappa shape index (κ1) is 14.3. The third-order valence-corrected chi connectivity index (χ3v) is 4.22. The Morgan fingerprint density at radius 1 is 1.26 bits per heavy atom. The quantitative estimate of drug-likeness (QED) is 0.824. The number of nitrogens with zero attached hydrogens (tertiary/aromatic N) is 1. The molecule has 2 nitrogen and oxygen atoms in total. The summed E-state index contributed by atoms with van der Waals surface area (Å²) in [4.78, 5) is 14.7. The van der Waals surface area contributed by atoms with E-state index in [1.54, 1.807) is 0 Å². The van der Waals surface area contributed by atoms with Crippen LogP contribution in [0.15, 0.2) is 30.3 Å². The van der Waals surface area contributed by atoms with Gasteiger partial charge in [0.1, 0.15) is 5.78 Å². The van der Waals surface area contributed by atoms with E-state index in [1.165, 1.54) is 12.0 Å². The molecular weight excluding hydrogens is 234 g/mol. The zero-order valence-corrected chi connectivity index (χ0v) is 12.4. The summed E-state index contributed by atoms with van der Waals surface area (Å²) in [5, 5.41) is 0. The Kier molecular flexibility index (Phi) is 4.41. The van der Waals surface area contributed by atoms with Crippen LogP contribution in [0.5, 0.6) is 0 Å². The fourth-order valence-corrected chi connectivity index (χ4v) is 3.11. The van der Waals surface area contributed by atoms with Crippen molar-refractivity contribution in [3.63, 3.8) is 0 Å². The third kappa shape index (κ3) is 3.66. The van der Waals surface area contributed by atoms with Crippen molar-refractivity contribution in [2.75, 3.05) is 13.6 Å². The lowest BCUT2D eigenvalue weighted by atomic mass is 9.71. The fourth-order valence-electron chi connectivity index (χ4n) is 3.11. The third-order valence-electron chi connectivity index (χ3n) is 4.22. The van der Waals surface area contributed by atoms with Crippen molar-refractivity contribution in [3.8, 4) is 0 Å². The van der Waals surface area contributed by atoms with Gasteiger partial charge >= 0.3 is 0 Å². The Balaban J connectivity index is 1.92. The van der Waals surface area contributed by atoms with E-state index in [0.29, 0.717) is 5.78 Å². The summed E-state index contributed by atoms with van der Waals surface area (Å²) in [6.45, 7) is 6.00. The van der Waals surface area contributed by atoms with Crippen LogP contribution in [0.1, 0.15) is 38.7 Å². The SMILES string of the molecule is CN(Cc1ccccc1)CC1CCCC(C)(C)C1=O. The second-order valence-electron chi connectivity index (χ2n) is 6.52. The minimum Gasteiger partial charge on any atom is -0.301 e. The maximum Gasteiger partial charge on any atom is 0.142 e. The number of carbonyl (C=O) groups is 1. The molecule has 0 bridgehead atoms. The highest BCUT2D eigenvalue weighted by Crippen LogP contribution is 2.35. The molecule has 1 fully saturated rings. The van der Waals surface area contributed by atoms with Gasteiger partial charge in [-0.1, -0.05) is 50.6 Å². The van der Waals surface area contributed by atoms with Crippen molar-refractivity contribution >= 4 is 5.78 Å². The largest absolute Gasteiger partial charge is 0.301 e. The van der Waals surface area contributed by atoms with Gasteiger partial charge in [-0.05, 0) is 25.5 Å². The summed E-state index contributed by atoms with van der Waals surface area (Å²) < 4.78 is 0. The number of rotatable bonds is 4. The highest BCUT2D eigenvalue weighted by molar-refractivity contribution is 5.87. The van der Waals surface area contributed by atoms with Gasteiger partial charge in [0, 0.05) is 24.4 Å². The predicted molar refractivity (Wildman–Crippen MR) is 78.9 cm³/mol. The fraction of sp³-hybridized carbons (Fsp3) is 0.588. The molecule has 0 N–H and O–H groups in total. The van der Waals surface area contributed by atoms with E-state index in [0.717, 1.165) is 25.9 Å². The number of benzene rings is 1.